The van der Waals surface area contributed by atoms with Crippen LogP contribution in [0.1, 0.15) is 40.8 Å². The maximum Gasteiger partial charge on any atom is 0.193 e. The molecular formula is C24H38IN5O4Si2. The number of imidazole rings is 1. The first-order valence-corrected chi connectivity index (χ1v) is 19.8. The highest BCUT2D eigenvalue weighted by Gasteiger charge is 2.59. The van der Waals surface area contributed by atoms with Crippen molar-refractivity contribution < 1.29 is 18.6 Å². The molecule has 2 aromatic rings. The van der Waals surface area contributed by atoms with Gasteiger partial charge in [0, 0.05) is 22.6 Å². The van der Waals surface area contributed by atoms with Crippen LogP contribution in [-0.2, 0) is 18.6 Å². The zero-order chi connectivity index (χ0) is 26.5. The normalized spacial score (nSPS) is 26.6. The summed E-state index contributed by atoms with van der Waals surface area (Å²) in [5.74, 6) is 3.08. The van der Waals surface area contributed by atoms with Gasteiger partial charge in [-0.2, -0.15) is 0 Å². The lowest BCUT2D eigenvalue weighted by Crippen LogP contribution is -2.47. The van der Waals surface area contributed by atoms with E-state index in [1.165, 1.54) is 6.33 Å². The number of hydrogen-bond acceptors (Lipinski definition) is 8. The molecule has 0 amide bonds. The van der Waals surface area contributed by atoms with Crippen molar-refractivity contribution in [2.24, 2.45) is 0 Å². The molecule has 0 aliphatic carbocycles. The molecule has 2 N–H and O–H groups in total. The Morgan fingerprint density at radius 3 is 2.39 bits per heavy atom. The van der Waals surface area contributed by atoms with E-state index < -0.39 is 40.6 Å². The lowest BCUT2D eigenvalue weighted by Gasteiger charge is -2.35. The van der Waals surface area contributed by atoms with E-state index >= 15 is 0 Å². The van der Waals surface area contributed by atoms with Gasteiger partial charge < -0.3 is 24.4 Å². The number of fused-ring (bicyclic) bond motifs is 2. The SMILES string of the molecule is CC[Si](CC)(CC)O[C@H](C#C[Si](C)(C)C)[C@H]1O[C@@H](n2c(I)nc3c(N)ncnc32)[C@@H]2OC(C)(C)O[C@@H]21. The summed E-state index contributed by atoms with van der Waals surface area (Å²) >= 11 is 2.18. The van der Waals surface area contributed by atoms with Gasteiger partial charge in [-0.25, -0.2) is 15.0 Å². The Morgan fingerprint density at radius 2 is 1.78 bits per heavy atom. The van der Waals surface area contributed by atoms with Crippen molar-refractivity contribution in [2.75, 3.05) is 5.73 Å². The molecule has 36 heavy (non-hydrogen) atoms. The Morgan fingerprint density at radius 1 is 1.14 bits per heavy atom. The van der Waals surface area contributed by atoms with Crippen molar-refractivity contribution in [2.45, 2.75) is 109 Å². The Hall–Kier alpha value is -1.09. The molecule has 9 nitrogen and oxygen atoms in total. The number of aromatic nitrogens is 4. The van der Waals surface area contributed by atoms with Crippen molar-refractivity contribution >= 4 is 56.0 Å². The number of anilines is 1. The number of ether oxygens (including phenoxy) is 3. The third kappa shape index (κ3) is 5.38. The molecule has 0 radical (unpaired) electrons. The molecule has 2 aliphatic heterocycles. The predicted molar refractivity (Wildman–Crippen MR) is 153 cm³/mol. The Balaban J connectivity index is 1.80. The van der Waals surface area contributed by atoms with E-state index in [0.717, 1.165) is 18.1 Å². The molecule has 2 aromatic heterocycles. The number of nitrogens with zero attached hydrogens (tertiary/aromatic N) is 4. The van der Waals surface area contributed by atoms with Gasteiger partial charge in [0.15, 0.2) is 41.1 Å². The van der Waals surface area contributed by atoms with Gasteiger partial charge in [0.05, 0.1) is 0 Å². The first kappa shape index (κ1) is 27.9. The lowest BCUT2D eigenvalue weighted by molar-refractivity contribution is -0.203. The van der Waals surface area contributed by atoms with E-state index in [2.05, 4.69) is 89.4 Å². The number of rotatable bonds is 7. The first-order valence-electron chi connectivity index (χ1n) is 12.7. The predicted octanol–water partition coefficient (Wildman–Crippen LogP) is 4.70. The van der Waals surface area contributed by atoms with Crippen LogP contribution in [0.25, 0.3) is 11.2 Å². The average Bonchev–Trinajstić information content (AvgIpc) is 3.42. The zero-order valence-corrected chi connectivity index (χ0v) is 26.6. The van der Waals surface area contributed by atoms with Crippen LogP contribution in [0.2, 0.25) is 37.8 Å². The summed E-state index contributed by atoms with van der Waals surface area (Å²) in [4.78, 5) is 13.2. The third-order valence-electron chi connectivity index (χ3n) is 6.98. The molecule has 4 heterocycles. The van der Waals surface area contributed by atoms with E-state index in [4.69, 9.17) is 24.4 Å². The van der Waals surface area contributed by atoms with Gasteiger partial charge in [-0.15, -0.1) is 5.54 Å². The Labute approximate surface area is 229 Å². The largest absolute Gasteiger partial charge is 0.401 e. The van der Waals surface area contributed by atoms with Gasteiger partial charge in [0.25, 0.3) is 0 Å². The number of hydrogen-bond donors (Lipinski definition) is 1. The quantitative estimate of drug-likeness (QED) is 0.200. The minimum Gasteiger partial charge on any atom is -0.401 e. The molecule has 0 unspecified atom stereocenters. The molecule has 0 saturated carbocycles. The standard InChI is InChI=1S/C24H38IN5O4Si2/c1-9-36(10-2,11-3)34-15(12-13-35(6,7)8)17-18-19(33-24(4,5)32-18)22(31-17)30-21-16(29-23(30)25)20(26)27-14-28-21/h14-15,17-19,22H,9-11H2,1-8H3,(H2,26,27,28)/t15-,17-,18-,19-,22-/m1/s1. The van der Waals surface area contributed by atoms with Gasteiger partial charge in [0.2, 0.25) is 0 Å². The molecule has 5 atom stereocenters. The van der Waals surface area contributed by atoms with Crippen LogP contribution >= 0.6 is 22.6 Å². The molecule has 0 spiro atoms. The molecular weight excluding hydrogens is 605 g/mol. The van der Waals surface area contributed by atoms with Crippen LogP contribution < -0.4 is 5.73 Å². The van der Waals surface area contributed by atoms with Gasteiger partial charge >= 0.3 is 0 Å². The van der Waals surface area contributed by atoms with E-state index in [1.54, 1.807) is 0 Å². The summed E-state index contributed by atoms with van der Waals surface area (Å²) in [6, 6.07) is 3.08. The van der Waals surface area contributed by atoms with E-state index in [1.807, 2.05) is 18.4 Å². The van der Waals surface area contributed by atoms with E-state index in [9.17, 15) is 0 Å². The number of halogens is 1. The van der Waals surface area contributed by atoms with Crippen LogP contribution in [-0.4, -0.2) is 66.1 Å². The van der Waals surface area contributed by atoms with Crippen LogP contribution in [0.5, 0.6) is 0 Å². The molecule has 2 aliphatic rings. The van der Waals surface area contributed by atoms with Gasteiger partial charge in [-0.3, -0.25) is 4.57 Å². The lowest BCUT2D eigenvalue weighted by atomic mass is 10.1. The number of nitrogens with two attached hydrogens (primary N) is 1. The molecule has 12 heteroatoms. The fraction of sp³-hybridized carbons (Fsp3) is 0.708. The smallest absolute Gasteiger partial charge is 0.193 e. The molecule has 2 saturated heterocycles. The molecule has 0 bridgehead atoms. The summed E-state index contributed by atoms with van der Waals surface area (Å²) in [5, 5.41) is 0. The summed E-state index contributed by atoms with van der Waals surface area (Å²) in [7, 11) is -3.66. The highest BCUT2D eigenvalue weighted by molar-refractivity contribution is 14.1. The van der Waals surface area contributed by atoms with Crippen molar-refractivity contribution in [1.29, 1.82) is 0 Å². The molecule has 2 fully saturated rings. The summed E-state index contributed by atoms with van der Waals surface area (Å²) in [6.07, 6.45) is -0.641. The monoisotopic (exact) mass is 643 g/mol. The van der Waals surface area contributed by atoms with Gasteiger partial charge in [-0.1, -0.05) is 46.3 Å². The average molecular weight is 644 g/mol. The topological polar surface area (TPSA) is 107 Å². The highest BCUT2D eigenvalue weighted by Crippen LogP contribution is 2.46. The Bertz CT molecular complexity index is 1160. The van der Waals surface area contributed by atoms with Crippen molar-refractivity contribution in [3.05, 3.63) is 10.2 Å². The van der Waals surface area contributed by atoms with Crippen molar-refractivity contribution in [3.63, 3.8) is 0 Å². The second-order valence-electron chi connectivity index (χ2n) is 11.0. The third-order valence-corrected chi connectivity index (χ3v) is 13.3. The second kappa shape index (κ2) is 10.2. The zero-order valence-electron chi connectivity index (χ0n) is 22.5. The molecule has 4 rings (SSSR count). The van der Waals surface area contributed by atoms with Crippen LogP contribution in [0.3, 0.4) is 0 Å². The van der Waals surface area contributed by atoms with Crippen molar-refractivity contribution in [3.8, 4) is 11.5 Å². The van der Waals surface area contributed by atoms with Crippen LogP contribution in [0.4, 0.5) is 5.82 Å². The summed E-state index contributed by atoms with van der Waals surface area (Å²) < 4.78 is 29.3. The summed E-state index contributed by atoms with van der Waals surface area (Å²) in [5.41, 5.74) is 10.8. The van der Waals surface area contributed by atoms with Crippen molar-refractivity contribution in [1.82, 2.24) is 19.5 Å². The first-order chi connectivity index (χ1) is 16.8. The number of nitrogen functional groups attached to an aromatic ring is 1. The van der Waals surface area contributed by atoms with E-state index in [0.29, 0.717) is 20.8 Å². The van der Waals surface area contributed by atoms with Gasteiger partial charge in [-0.05, 0) is 32.0 Å². The molecule has 0 aromatic carbocycles. The fourth-order valence-electron chi connectivity index (χ4n) is 4.92. The maximum atomic E-state index is 7.00. The Kier molecular flexibility index (Phi) is 7.94. The fourth-order valence-corrected chi connectivity index (χ4v) is 8.97. The minimum absolute atomic E-state index is 0.332. The van der Waals surface area contributed by atoms with Crippen LogP contribution in [0, 0.1) is 15.3 Å². The second-order valence-corrected chi connectivity index (χ2v) is 21.5. The molecule has 198 valence electrons. The maximum absolute atomic E-state index is 7.00. The minimum atomic E-state index is -2.00. The van der Waals surface area contributed by atoms with Gasteiger partial charge in [0.1, 0.15) is 38.8 Å². The van der Waals surface area contributed by atoms with Crippen LogP contribution in [0.15, 0.2) is 6.33 Å². The van der Waals surface area contributed by atoms with E-state index in [-0.39, 0.29) is 12.2 Å². The summed E-state index contributed by atoms with van der Waals surface area (Å²) in [6.45, 7) is 17.3. The highest BCUT2D eigenvalue weighted by atomic mass is 127.